The number of carbonyl (C=O) groups excluding carboxylic acids is 1. The second-order valence-corrected chi connectivity index (χ2v) is 1.12. The van der Waals surface area contributed by atoms with Crippen LogP contribution in [0.4, 0.5) is 0 Å². The number of rotatable bonds is 1. The number of hydrogen-bond acceptors (Lipinski definition) is 2. The van der Waals surface area contributed by atoms with E-state index in [2.05, 4.69) is 4.85 Å². The van der Waals surface area contributed by atoms with Crippen LogP contribution in [0.25, 0.3) is 4.85 Å². The molecule has 3 nitrogen and oxygen atoms in total. The molecule has 0 spiro atoms. The summed E-state index contributed by atoms with van der Waals surface area (Å²) in [5, 5.41) is 9.61. The smallest absolute Gasteiger partial charge is 0.543 e. The van der Waals surface area contributed by atoms with E-state index >= 15 is 0 Å². The predicted octanol–water partition coefficient (Wildman–Crippen LogP) is -3.95. The SMILES string of the molecule is [C-]#[N+]C(C)C(=O)[O-].[K+]. The van der Waals surface area contributed by atoms with Gasteiger partial charge in [-0.15, -0.1) is 0 Å². The summed E-state index contributed by atoms with van der Waals surface area (Å²) in [6.07, 6.45) is 0. The average molecular weight is 137 g/mol. The number of carbonyl (C=O) groups is 1. The Morgan fingerprint density at radius 2 is 2.25 bits per heavy atom. The van der Waals surface area contributed by atoms with Crippen molar-refractivity contribution in [2.45, 2.75) is 13.0 Å². The summed E-state index contributed by atoms with van der Waals surface area (Å²) in [5.74, 6) is -1.31. The summed E-state index contributed by atoms with van der Waals surface area (Å²) in [6, 6.07) is -1.00. The molecule has 8 heavy (non-hydrogen) atoms. The minimum Gasteiger partial charge on any atom is -0.543 e. The van der Waals surface area contributed by atoms with Crippen LogP contribution in [0.5, 0.6) is 0 Å². The Balaban J connectivity index is 0. The molecule has 0 saturated heterocycles. The van der Waals surface area contributed by atoms with Gasteiger partial charge in [0, 0.05) is 6.92 Å². The van der Waals surface area contributed by atoms with E-state index in [0.717, 1.165) is 0 Å². The van der Waals surface area contributed by atoms with Gasteiger partial charge < -0.3 is 14.7 Å². The van der Waals surface area contributed by atoms with Gasteiger partial charge in [0.1, 0.15) is 5.97 Å². The molecule has 0 radical (unpaired) electrons. The van der Waals surface area contributed by atoms with Gasteiger partial charge in [-0.25, -0.2) is 6.57 Å². The molecule has 1 unspecified atom stereocenters. The van der Waals surface area contributed by atoms with E-state index in [1.54, 1.807) is 0 Å². The molecule has 0 bridgehead atoms. The van der Waals surface area contributed by atoms with Crippen LogP contribution in [0.2, 0.25) is 0 Å². The Hall–Kier alpha value is 0.596. The van der Waals surface area contributed by atoms with Crippen molar-refractivity contribution in [3.63, 3.8) is 0 Å². The van der Waals surface area contributed by atoms with Gasteiger partial charge in [-0.1, -0.05) is 0 Å². The first-order valence-electron chi connectivity index (χ1n) is 1.76. The molecular weight excluding hydrogens is 133 g/mol. The number of nitrogens with zero attached hydrogens (tertiary/aromatic N) is 1. The Morgan fingerprint density at radius 3 is 2.25 bits per heavy atom. The molecular formula is C4H4KNO2. The summed E-state index contributed by atoms with van der Waals surface area (Å²) in [6.45, 7) is 7.42. The quantitative estimate of drug-likeness (QED) is 0.273. The van der Waals surface area contributed by atoms with Crippen molar-refractivity contribution in [3.8, 4) is 0 Å². The van der Waals surface area contributed by atoms with Crippen LogP contribution in [0.3, 0.4) is 0 Å². The normalized spacial score (nSPS) is 10.5. The van der Waals surface area contributed by atoms with E-state index in [-0.39, 0.29) is 51.4 Å². The average Bonchev–Trinajstić information content (AvgIpc) is 1.65. The monoisotopic (exact) mass is 137 g/mol. The fourth-order valence-corrected chi connectivity index (χ4v) is 0.0527. The molecule has 4 heteroatoms. The molecule has 0 aliphatic heterocycles. The number of hydrogen-bond donors (Lipinski definition) is 0. The molecule has 0 aromatic carbocycles. The van der Waals surface area contributed by atoms with Gasteiger partial charge in [-0.2, -0.15) is 0 Å². The first-order valence-corrected chi connectivity index (χ1v) is 1.76. The van der Waals surface area contributed by atoms with Crippen molar-refractivity contribution in [3.05, 3.63) is 11.4 Å². The second-order valence-electron chi connectivity index (χ2n) is 1.12. The fourth-order valence-electron chi connectivity index (χ4n) is 0.0527. The van der Waals surface area contributed by atoms with Crippen LogP contribution >= 0.6 is 0 Å². The van der Waals surface area contributed by atoms with E-state index in [4.69, 9.17) is 6.57 Å². The zero-order chi connectivity index (χ0) is 5.86. The van der Waals surface area contributed by atoms with Gasteiger partial charge in [-0.3, -0.25) is 0 Å². The summed E-state index contributed by atoms with van der Waals surface area (Å²) >= 11 is 0. The summed E-state index contributed by atoms with van der Waals surface area (Å²) in [7, 11) is 0. The molecule has 0 aromatic heterocycles. The standard InChI is InChI=1S/C4H5NO2.K/c1-3(5-2)4(6)7;/h3H,1H3,(H,6,7);/q;+1/p-1. The van der Waals surface area contributed by atoms with Gasteiger partial charge in [0.15, 0.2) is 0 Å². The Morgan fingerprint density at radius 1 is 1.88 bits per heavy atom. The maximum Gasteiger partial charge on any atom is 1.00 e. The molecule has 38 valence electrons. The molecule has 0 saturated carbocycles. The van der Waals surface area contributed by atoms with Crippen molar-refractivity contribution in [2.24, 2.45) is 0 Å². The zero-order valence-electron chi connectivity index (χ0n) is 4.84. The fraction of sp³-hybridized carbons (Fsp3) is 0.500. The van der Waals surface area contributed by atoms with Gasteiger partial charge in [-0.05, 0) is 0 Å². The van der Waals surface area contributed by atoms with Crippen LogP contribution in [0, 0.1) is 6.57 Å². The summed E-state index contributed by atoms with van der Waals surface area (Å²) in [5.41, 5.74) is 0. The van der Waals surface area contributed by atoms with Crippen LogP contribution < -0.4 is 56.5 Å². The van der Waals surface area contributed by atoms with Crippen molar-refractivity contribution in [2.75, 3.05) is 0 Å². The van der Waals surface area contributed by atoms with Gasteiger partial charge in [0.05, 0.1) is 0 Å². The Kier molecular flexibility index (Phi) is 8.16. The van der Waals surface area contributed by atoms with Gasteiger partial charge in [0.25, 0.3) is 6.04 Å². The van der Waals surface area contributed by atoms with Gasteiger partial charge >= 0.3 is 51.4 Å². The second kappa shape index (κ2) is 5.73. The molecule has 0 amide bonds. The first kappa shape index (κ1) is 11.4. The van der Waals surface area contributed by atoms with Crippen molar-refractivity contribution < 1.29 is 61.3 Å². The minimum atomic E-state index is -1.31. The molecule has 0 aliphatic rings. The topological polar surface area (TPSA) is 44.5 Å². The molecule has 0 aliphatic carbocycles. The third-order valence-corrected chi connectivity index (χ3v) is 0.535. The molecule has 1 atom stereocenters. The van der Waals surface area contributed by atoms with Crippen molar-refractivity contribution in [1.29, 1.82) is 0 Å². The van der Waals surface area contributed by atoms with Gasteiger partial charge in [0.2, 0.25) is 0 Å². The molecule has 0 heterocycles. The van der Waals surface area contributed by atoms with Crippen LogP contribution in [-0.2, 0) is 4.79 Å². The summed E-state index contributed by atoms with van der Waals surface area (Å²) in [4.78, 5) is 12.3. The van der Waals surface area contributed by atoms with Crippen molar-refractivity contribution in [1.82, 2.24) is 0 Å². The Bertz CT molecular complexity index is 118. The third-order valence-electron chi connectivity index (χ3n) is 0.535. The van der Waals surface area contributed by atoms with Crippen molar-refractivity contribution >= 4 is 5.97 Å². The predicted molar refractivity (Wildman–Crippen MR) is 21.1 cm³/mol. The maximum absolute atomic E-state index is 9.61. The van der Waals surface area contributed by atoms with Crippen LogP contribution in [-0.4, -0.2) is 12.0 Å². The van der Waals surface area contributed by atoms with Crippen LogP contribution in [0.1, 0.15) is 6.92 Å². The largest absolute Gasteiger partial charge is 1.00 e. The molecule has 0 aromatic rings. The van der Waals surface area contributed by atoms with E-state index in [1.807, 2.05) is 0 Å². The maximum atomic E-state index is 9.61. The molecule has 0 N–H and O–H groups in total. The summed E-state index contributed by atoms with van der Waals surface area (Å²) < 4.78 is 0. The minimum absolute atomic E-state index is 0. The van der Waals surface area contributed by atoms with E-state index in [1.165, 1.54) is 6.92 Å². The van der Waals surface area contributed by atoms with E-state index in [9.17, 15) is 9.90 Å². The number of carboxylic acid groups (broad SMARTS) is 1. The van der Waals surface area contributed by atoms with Crippen LogP contribution in [0.15, 0.2) is 0 Å². The molecule has 0 rings (SSSR count). The number of carboxylic acids is 1. The van der Waals surface area contributed by atoms with E-state index < -0.39 is 12.0 Å². The number of aliphatic carboxylic acids is 1. The first-order chi connectivity index (χ1) is 3.18. The zero-order valence-corrected chi connectivity index (χ0v) is 7.96. The third kappa shape index (κ3) is 4.75. The van der Waals surface area contributed by atoms with E-state index in [0.29, 0.717) is 0 Å². The Labute approximate surface area is 90.3 Å². The molecule has 0 fully saturated rings.